The number of rotatable bonds is 20. The van der Waals surface area contributed by atoms with Crippen molar-refractivity contribution in [3.05, 3.63) is 36.4 Å². The molecule has 0 unspecified atom stereocenters. The van der Waals surface area contributed by atoms with E-state index in [2.05, 4.69) is 144 Å². The minimum atomic E-state index is -4.36. The third-order valence-electron chi connectivity index (χ3n) is 5.06. The lowest BCUT2D eigenvalue weighted by molar-refractivity contribution is 0.0535. The van der Waals surface area contributed by atoms with Crippen molar-refractivity contribution in [1.82, 2.24) is 0 Å². The van der Waals surface area contributed by atoms with Crippen LogP contribution in [0, 0.1) is 0 Å². The van der Waals surface area contributed by atoms with Crippen LogP contribution in [0.4, 0.5) is 0 Å². The molecule has 0 radical (unpaired) electrons. The molecule has 0 aromatic heterocycles. The standard InChI is InChI=1S/C29H70O9Si10/c1-23-28-26-24-25-27-29(28)46(30-39(2,3)4,31-40(5,6)7)37-48(35-44(17,18)19,36-45(20,21)22)38-47(32-41(8,9)10,33-42(11,12)13)34-43(14,15)16/h23-27H,1H2,2-22H3. The molecule has 1 rings (SSSR count). The predicted molar refractivity (Wildman–Crippen MR) is 227 cm³/mol. The highest BCUT2D eigenvalue weighted by atomic mass is 28.6. The Hall–Kier alpha value is 0.769. The topological polar surface area (TPSA) is 83.1 Å². The summed E-state index contributed by atoms with van der Waals surface area (Å²) in [5.41, 5.74) is 0.878. The van der Waals surface area contributed by atoms with Gasteiger partial charge in [-0.1, -0.05) is 36.9 Å². The van der Waals surface area contributed by atoms with Crippen molar-refractivity contribution in [1.29, 1.82) is 0 Å². The fourth-order valence-electron chi connectivity index (χ4n) is 4.43. The minimum Gasteiger partial charge on any atom is -0.413 e. The maximum absolute atomic E-state index is 7.66. The highest BCUT2D eigenvalue weighted by Gasteiger charge is 2.69. The van der Waals surface area contributed by atoms with Crippen LogP contribution >= 0.6 is 0 Å². The third-order valence-corrected chi connectivity index (χ3v) is 34.5. The van der Waals surface area contributed by atoms with Crippen LogP contribution in [0.15, 0.2) is 30.8 Å². The number of hydrogen-bond donors (Lipinski definition) is 0. The van der Waals surface area contributed by atoms with Gasteiger partial charge in [-0.05, 0) is 143 Å². The summed E-state index contributed by atoms with van der Waals surface area (Å²) in [5.74, 6) is 0. The highest BCUT2D eigenvalue weighted by molar-refractivity contribution is 6.98. The predicted octanol–water partition coefficient (Wildman–Crippen LogP) is 9.34. The molecule has 0 atom stereocenters. The molecule has 0 amide bonds. The van der Waals surface area contributed by atoms with E-state index in [-0.39, 0.29) is 0 Å². The zero-order chi connectivity index (χ0) is 38.1. The molecular formula is C29H70O9Si10. The van der Waals surface area contributed by atoms with Crippen LogP contribution in [0.2, 0.25) is 137 Å². The van der Waals surface area contributed by atoms with Gasteiger partial charge in [0.25, 0.3) is 0 Å². The minimum absolute atomic E-state index is 0.819. The molecular weight excluding hydrogens is 773 g/mol. The first-order chi connectivity index (χ1) is 20.9. The maximum Gasteiger partial charge on any atom is 0.645 e. The van der Waals surface area contributed by atoms with E-state index < -0.39 is 85.1 Å². The molecule has 1 aromatic rings. The van der Waals surface area contributed by atoms with E-state index in [1.54, 1.807) is 0 Å². The van der Waals surface area contributed by atoms with Crippen molar-refractivity contribution in [3.63, 3.8) is 0 Å². The molecule has 280 valence electrons. The van der Waals surface area contributed by atoms with E-state index in [1.807, 2.05) is 30.3 Å². The van der Waals surface area contributed by atoms with Crippen LogP contribution in [0.1, 0.15) is 5.56 Å². The molecule has 0 aliphatic heterocycles. The Morgan fingerprint density at radius 2 is 0.646 bits per heavy atom. The average Bonchev–Trinajstić information content (AvgIpc) is 2.69. The second-order valence-electron chi connectivity index (χ2n) is 19.1. The fraction of sp³-hybridized carbons (Fsp3) is 0.724. The van der Waals surface area contributed by atoms with Gasteiger partial charge in [-0.15, -0.1) is 0 Å². The maximum atomic E-state index is 7.66. The van der Waals surface area contributed by atoms with Crippen molar-refractivity contribution in [2.75, 3.05) is 0 Å². The summed E-state index contributed by atoms with van der Waals surface area (Å²) in [6, 6.07) is 8.04. The number of benzene rings is 1. The number of hydrogen-bond acceptors (Lipinski definition) is 9. The van der Waals surface area contributed by atoms with Crippen molar-refractivity contribution < 1.29 is 37.0 Å². The smallest absolute Gasteiger partial charge is 0.413 e. The Labute approximate surface area is 305 Å². The van der Waals surface area contributed by atoms with Gasteiger partial charge < -0.3 is 37.0 Å². The Balaban J connectivity index is 4.56. The Bertz CT molecular complexity index is 1130. The molecule has 9 nitrogen and oxygen atoms in total. The normalized spacial score (nSPS) is 15.2. The van der Waals surface area contributed by atoms with Crippen LogP contribution in [0.25, 0.3) is 6.08 Å². The molecule has 0 fully saturated rings. The summed E-state index contributed by atoms with van der Waals surface area (Å²) in [4.78, 5) is 0. The quantitative estimate of drug-likeness (QED) is 0.119. The van der Waals surface area contributed by atoms with Crippen LogP contribution in [0.3, 0.4) is 0 Å². The summed E-state index contributed by atoms with van der Waals surface area (Å²) < 4.78 is 65.4. The summed E-state index contributed by atoms with van der Waals surface area (Å²) in [6.07, 6.45) is 1.83. The molecule has 0 saturated carbocycles. The van der Waals surface area contributed by atoms with E-state index in [0.29, 0.717) is 0 Å². The molecule has 48 heavy (non-hydrogen) atoms. The molecule has 0 aliphatic rings. The van der Waals surface area contributed by atoms with Gasteiger partial charge in [-0.3, -0.25) is 0 Å². The van der Waals surface area contributed by atoms with Crippen molar-refractivity contribution in [3.8, 4) is 0 Å². The zero-order valence-corrected chi connectivity index (χ0v) is 44.3. The van der Waals surface area contributed by atoms with Crippen LogP contribution < -0.4 is 5.19 Å². The monoisotopic (exact) mass is 842 g/mol. The van der Waals surface area contributed by atoms with Gasteiger partial charge in [0.05, 0.1) is 0 Å². The van der Waals surface area contributed by atoms with E-state index in [9.17, 15) is 0 Å². The molecule has 0 saturated heterocycles. The van der Waals surface area contributed by atoms with Gasteiger partial charge in [0, 0.05) is 5.19 Å². The Kier molecular flexibility index (Phi) is 15.6. The summed E-state index contributed by atoms with van der Waals surface area (Å²) in [7, 11) is -29.2. The lowest BCUT2D eigenvalue weighted by Gasteiger charge is -2.49. The van der Waals surface area contributed by atoms with Gasteiger partial charge in [0.15, 0.2) is 58.2 Å². The molecule has 0 aliphatic carbocycles. The van der Waals surface area contributed by atoms with Crippen LogP contribution in [-0.4, -0.2) is 85.1 Å². The zero-order valence-electron chi connectivity index (χ0n) is 34.3. The first kappa shape index (κ1) is 46.8. The molecule has 0 bridgehead atoms. The van der Waals surface area contributed by atoms with E-state index in [1.165, 1.54) is 0 Å². The Morgan fingerprint density at radius 1 is 0.375 bits per heavy atom. The van der Waals surface area contributed by atoms with Gasteiger partial charge in [0.1, 0.15) is 0 Å². The van der Waals surface area contributed by atoms with Crippen molar-refractivity contribution in [2.45, 2.75) is 137 Å². The highest BCUT2D eigenvalue weighted by Crippen LogP contribution is 2.37. The second kappa shape index (κ2) is 16.0. The molecule has 1 aromatic carbocycles. The third kappa shape index (κ3) is 18.0. The molecule has 0 heterocycles. The first-order valence-corrected chi connectivity index (χ1v) is 45.8. The van der Waals surface area contributed by atoms with E-state index in [0.717, 1.165) is 10.8 Å². The molecule has 19 heteroatoms. The average molecular weight is 844 g/mol. The Morgan fingerprint density at radius 3 is 0.917 bits per heavy atom. The summed E-state index contributed by atoms with van der Waals surface area (Å²) >= 11 is 0. The molecule has 0 spiro atoms. The summed E-state index contributed by atoms with van der Waals surface area (Å²) in [6.45, 7) is 49.0. The van der Waals surface area contributed by atoms with Crippen LogP contribution in [0.5, 0.6) is 0 Å². The van der Waals surface area contributed by atoms with Gasteiger partial charge in [-0.25, -0.2) is 0 Å². The van der Waals surface area contributed by atoms with Gasteiger partial charge in [-0.2, -0.15) is 0 Å². The van der Waals surface area contributed by atoms with E-state index >= 15 is 0 Å². The lowest BCUT2D eigenvalue weighted by atomic mass is 10.2. The first-order valence-electron chi connectivity index (χ1n) is 16.9. The lowest BCUT2D eigenvalue weighted by Crippen LogP contribution is -2.76. The van der Waals surface area contributed by atoms with Crippen molar-refractivity contribution >= 4 is 96.4 Å². The second-order valence-corrected chi connectivity index (χ2v) is 59.6. The van der Waals surface area contributed by atoms with Gasteiger partial charge in [0.2, 0.25) is 0 Å². The fourth-order valence-corrected chi connectivity index (χ4v) is 38.7. The summed E-state index contributed by atoms with van der Waals surface area (Å²) in [5, 5.41) is 0.819. The van der Waals surface area contributed by atoms with Crippen LogP contribution in [-0.2, 0) is 37.0 Å². The van der Waals surface area contributed by atoms with E-state index in [4.69, 9.17) is 37.0 Å². The molecule has 0 N–H and O–H groups in total. The van der Waals surface area contributed by atoms with Crippen molar-refractivity contribution in [2.24, 2.45) is 0 Å². The SMILES string of the molecule is C=Cc1ccccc1[Si](O[Si](C)(C)C)(O[Si](C)(C)C)O[Si](O[Si](C)(C)C)(O[Si](C)(C)C)O[Si](O[Si](C)(C)C)(O[Si](C)(C)C)O[Si](C)(C)C. The largest absolute Gasteiger partial charge is 0.645 e. The van der Waals surface area contributed by atoms with Gasteiger partial charge >= 0.3 is 26.9 Å².